The first-order valence-electron chi connectivity index (χ1n) is 7.67. The van der Waals surface area contributed by atoms with E-state index in [0.717, 1.165) is 42.3 Å². The normalized spacial score (nSPS) is 18.6. The molecule has 0 saturated carbocycles. The highest BCUT2D eigenvalue weighted by Gasteiger charge is 2.27. The molecule has 1 fully saturated rings. The van der Waals surface area contributed by atoms with Crippen molar-refractivity contribution in [1.82, 2.24) is 20.0 Å². The van der Waals surface area contributed by atoms with Crippen molar-refractivity contribution in [3.05, 3.63) is 27.8 Å². The van der Waals surface area contributed by atoms with E-state index < -0.39 is 0 Å². The van der Waals surface area contributed by atoms with Crippen molar-refractivity contribution in [2.24, 2.45) is 0 Å². The predicted octanol–water partition coefficient (Wildman–Crippen LogP) is 2.35. The van der Waals surface area contributed by atoms with E-state index in [-0.39, 0.29) is 11.8 Å². The Balaban J connectivity index is 1.62. The third-order valence-electron chi connectivity index (χ3n) is 3.92. The van der Waals surface area contributed by atoms with Gasteiger partial charge in [-0.2, -0.15) is 4.98 Å². The van der Waals surface area contributed by atoms with Gasteiger partial charge in [-0.3, -0.25) is 4.79 Å². The fraction of sp³-hybridized carbons (Fsp3) is 0.600. The van der Waals surface area contributed by atoms with Crippen molar-refractivity contribution in [1.29, 1.82) is 0 Å². The monoisotopic (exact) mass is 320 g/mol. The molecular formula is C15H20N4O2S. The zero-order valence-corrected chi connectivity index (χ0v) is 13.7. The number of hydrogen-bond acceptors (Lipinski definition) is 6. The van der Waals surface area contributed by atoms with Crippen molar-refractivity contribution in [3.8, 4) is 0 Å². The predicted molar refractivity (Wildman–Crippen MR) is 82.8 cm³/mol. The molecule has 1 atom stereocenters. The van der Waals surface area contributed by atoms with Gasteiger partial charge in [0, 0.05) is 31.3 Å². The van der Waals surface area contributed by atoms with Gasteiger partial charge < -0.3 is 9.42 Å². The lowest BCUT2D eigenvalue weighted by Gasteiger charge is -2.31. The van der Waals surface area contributed by atoms with E-state index in [1.807, 2.05) is 10.3 Å². The molecule has 1 amide bonds. The number of aromatic nitrogens is 3. The molecule has 1 saturated heterocycles. The largest absolute Gasteiger partial charge is 0.342 e. The first-order valence-corrected chi connectivity index (χ1v) is 8.55. The first-order chi connectivity index (χ1) is 10.7. The summed E-state index contributed by atoms with van der Waals surface area (Å²) in [5.41, 5.74) is 0.879. The molecule has 118 valence electrons. The molecule has 0 aliphatic carbocycles. The van der Waals surface area contributed by atoms with Gasteiger partial charge in [0.2, 0.25) is 11.8 Å². The van der Waals surface area contributed by atoms with Crippen LogP contribution >= 0.6 is 11.3 Å². The maximum atomic E-state index is 12.5. The second-order valence-corrected chi connectivity index (χ2v) is 6.56. The fourth-order valence-corrected chi connectivity index (χ4v) is 3.50. The first kappa shape index (κ1) is 15.1. The number of amides is 1. The second kappa shape index (κ2) is 6.56. The molecule has 0 radical (unpaired) electrons. The summed E-state index contributed by atoms with van der Waals surface area (Å²) in [5, 5.41) is 7.07. The number of hydrogen-bond donors (Lipinski definition) is 0. The van der Waals surface area contributed by atoms with E-state index in [9.17, 15) is 4.79 Å². The number of piperidine rings is 1. The van der Waals surface area contributed by atoms with E-state index in [1.54, 1.807) is 18.3 Å². The molecule has 1 unspecified atom stereocenters. The van der Waals surface area contributed by atoms with Crippen LogP contribution in [0.4, 0.5) is 0 Å². The molecular weight excluding hydrogens is 300 g/mol. The fourth-order valence-electron chi connectivity index (χ4n) is 2.75. The molecule has 6 nitrogen and oxygen atoms in total. The van der Waals surface area contributed by atoms with E-state index in [4.69, 9.17) is 4.52 Å². The third-order valence-corrected chi connectivity index (χ3v) is 4.96. The lowest BCUT2D eigenvalue weighted by Crippen LogP contribution is -2.40. The number of carbonyl (C=O) groups is 1. The van der Waals surface area contributed by atoms with Crippen LogP contribution in [-0.4, -0.2) is 39.0 Å². The standard InChI is InChI=1S/C15H20N4O2S/c1-3-13-17-12(9-22-13)7-14(20)19-6-4-5-11(8-19)15-16-10(2)21-18-15/h9,11H,3-8H2,1-2H3. The van der Waals surface area contributed by atoms with Gasteiger partial charge in [-0.25, -0.2) is 4.98 Å². The van der Waals surface area contributed by atoms with Crippen LogP contribution < -0.4 is 0 Å². The number of rotatable bonds is 4. The van der Waals surface area contributed by atoms with Gasteiger partial charge in [-0.05, 0) is 19.3 Å². The average molecular weight is 320 g/mol. The van der Waals surface area contributed by atoms with Crippen LogP contribution in [0.25, 0.3) is 0 Å². The minimum Gasteiger partial charge on any atom is -0.342 e. The molecule has 1 aliphatic rings. The van der Waals surface area contributed by atoms with Crippen molar-refractivity contribution in [2.45, 2.75) is 45.4 Å². The van der Waals surface area contributed by atoms with Crippen LogP contribution in [0, 0.1) is 6.92 Å². The van der Waals surface area contributed by atoms with Crippen LogP contribution in [0.1, 0.15) is 48.1 Å². The second-order valence-electron chi connectivity index (χ2n) is 5.61. The molecule has 2 aromatic rings. The maximum Gasteiger partial charge on any atom is 0.228 e. The summed E-state index contributed by atoms with van der Waals surface area (Å²) < 4.78 is 5.05. The molecule has 0 N–H and O–H groups in total. The van der Waals surface area contributed by atoms with Gasteiger partial charge in [0.1, 0.15) is 0 Å². The molecule has 2 aromatic heterocycles. The Morgan fingerprint density at radius 1 is 1.50 bits per heavy atom. The van der Waals surface area contributed by atoms with E-state index >= 15 is 0 Å². The maximum absolute atomic E-state index is 12.5. The molecule has 0 bridgehead atoms. The molecule has 3 heterocycles. The number of carbonyl (C=O) groups excluding carboxylic acids is 1. The lowest BCUT2D eigenvalue weighted by atomic mass is 9.97. The van der Waals surface area contributed by atoms with Gasteiger partial charge in [-0.1, -0.05) is 12.1 Å². The van der Waals surface area contributed by atoms with Crippen molar-refractivity contribution < 1.29 is 9.32 Å². The minimum absolute atomic E-state index is 0.137. The van der Waals surface area contributed by atoms with Crippen molar-refractivity contribution in [3.63, 3.8) is 0 Å². The van der Waals surface area contributed by atoms with Gasteiger partial charge in [0.15, 0.2) is 5.82 Å². The van der Waals surface area contributed by atoms with Gasteiger partial charge in [-0.15, -0.1) is 11.3 Å². The van der Waals surface area contributed by atoms with Crippen molar-refractivity contribution >= 4 is 17.2 Å². The summed E-state index contributed by atoms with van der Waals surface area (Å²) in [6, 6.07) is 0. The zero-order valence-electron chi connectivity index (χ0n) is 12.9. The smallest absolute Gasteiger partial charge is 0.228 e. The highest BCUT2D eigenvalue weighted by Crippen LogP contribution is 2.25. The van der Waals surface area contributed by atoms with Crippen molar-refractivity contribution in [2.75, 3.05) is 13.1 Å². The Bertz CT molecular complexity index is 652. The minimum atomic E-state index is 0.137. The lowest BCUT2D eigenvalue weighted by molar-refractivity contribution is -0.131. The quantitative estimate of drug-likeness (QED) is 0.864. The zero-order chi connectivity index (χ0) is 15.5. The van der Waals surface area contributed by atoms with E-state index in [1.165, 1.54) is 0 Å². The Morgan fingerprint density at radius 3 is 3.05 bits per heavy atom. The van der Waals surface area contributed by atoms with Crippen LogP contribution in [0.3, 0.4) is 0 Å². The van der Waals surface area contributed by atoms with Gasteiger partial charge >= 0.3 is 0 Å². The van der Waals surface area contributed by atoms with Crippen LogP contribution in [0.2, 0.25) is 0 Å². The van der Waals surface area contributed by atoms with E-state index in [0.29, 0.717) is 18.9 Å². The number of thiazole rings is 1. The van der Waals surface area contributed by atoms with Gasteiger partial charge in [0.25, 0.3) is 0 Å². The Kier molecular flexibility index (Phi) is 4.52. The highest BCUT2D eigenvalue weighted by atomic mass is 32.1. The summed E-state index contributed by atoms with van der Waals surface area (Å²) in [6.45, 7) is 5.34. The average Bonchev–Trinajstić information content (AvgIpc) is 3.16. The van der Waals surface area contributed by atoms with Crippen LogP contribution in [0.15, 0.2) is 9.90 Å². The Morgan fingerprint density at radius 2 is 2.36 bits per heavy atom. The van der Waals surface area contributed by atoms with Crippen LogP contribution in [-0.2, 0) is 17.6 Å². The molecule has 0 aromatic carbocycles. The number of nitrogens with zero attached hydrogens (tertiary/aromatic N) is 4. The summed E-state index contributed by atoms with van der Waals surface area (Å²) >= 11 is 1.62. The summed E-state index contributed by atoms with van der Waals surface area (Å²) in [6.07, 6.45) is 3.27. The number of aryl methyl sites for hydroxylation is 2. The van der Waals surface area contributed by atoms with E-state index in [2.05, 4.69) is 22.0 Å². The molecule has 22 heavy (non-hydrogen) atoms. The Hall–Kier alpha value is -1.76. The van der Waals surface area contributed by atoms with Crippen LogP contribution in [0.5, 0.6) is 0 Å². The summed E-state index contributed by atoms with van der Waals surface area (Å²) in [5.74, 6) is 1.61. The summed E-state index contributed by atoms with van der Waals surface area (Å²) in [4.78, 5) is 23.2. The topological polar surface area (TPSA) is 72.1 Å². The third kappa shape index (κ3) is 3.35. The van der Waals surface area contributed by atoms with Gasteiger partial charge in [0.05, 0.1) is 17.1 Å². The molecule has 3 rings (SSSR count). The SMILES string of the molecule is CCc1nc(CC(=O)N2CCCC(c3noc(C)n3)C2)cs1. The molecule has 0 spiro atoms. The molecule has 1 aliphatic heterocycles. The highest BCUT2D eigenvalue weighted by molar-refractivity contribution is 7.09. The summed E-state index contributed by atoms with van der Waals surface area (Å²) in [7, 11) is 0. The Labute approximate surface area is 133 Å². The molecule has 7 heteroatoms. The number of likely N-dealkylation sites (tertiary alicyclic amines) is 1.